The highest BCUT2D eigenvalue weighted by Crippen LogP contribution is 2.19. The second kappa shape index (κ2) is 8.71. The van der Waals surface area contributed by atoms with Crippen molar-refractivity contribution in [2.24, 2.45) is 0 Å². The number of hydrogen-bond acceptors (Lipinski definition) is 5. The van der Waals surface area contributed by atoms with E-state index in [1.807, 2.05) is 4.90 Å². The minimum Gasteiger partial charge on any atom is -0.376 e. The molecule has 1 N–H and O–H groups in total. The normalized spacial score (nSPS) is 22.3. The van der Waals surface area contributed by atoms with Crippen molar-refractivity contribution in [3.63, 3.8) is 0 Å². The molecule has 1 amide bonds. The Kier molecular flexibility index (Phi) is 6.37. The molecule has 0 spiro atoms. The Morgan fingerprint density at radius 1 is 1.21 bits per heavy atom. The Labute approximate surface area is 146 Å². The highest BCUT2D eigenvalue weighted by Gasteiger charge is 2.21. The number of hydrogen-bond donors (Lipinski definition) is 1. The van der Waals surface area contributed by atoms with Crippen LogP contribution in [0.4, 0.5) is 0 Å². The van der Waals surface area contributed by atoms with Crippen LogP contribution in [0, 0.1) is 0 Å². The molecule has 0 unspecified atom stereocenters. The van der Waals surface area contributed by atoms with Crippen LogP contribution in [0.15, 0.2) is 9.95 Å². The molecular formula is C16H26N4O3S. The van der Waals surface area contributed by atoms with E-state index in [2.05, 4.69) is 10.2 Å². The van der Waals surface area contributed by atoms with Gasteiger partial charge in [0.1, 0.15) is 0 Å². The highest BCUT2D eigenvalue weighted by molar-refractivity contribution is 7.99. The molecule has 1 atom stereocenters. The number of nitrogens with one attached hydrogen (secondary N) is 1. The summed E-state index contributed by atoms with van der Waals surface area (Å²) in [5.74, 6) is 0.469. The van der Waals surface area contributed by atoms with E-state index in [9.17, 15) is 9.59 Å². The summed E-state index contributed by atoms with van der Waals surface area (Å²) in [4.78, 5) is 26.4. The van der Waals surface area contributed by atoms with Crippen LogP contribution in [0.2, 0.25) is 0 Å². The summed E-state index contributed by atoms with van der Waals surface area (Å²) in [5, 5.41) is 7.14. The first-order valence-corrected chi connectivity index (χ1v) is 9.90. The lowest BCUT2D eigenvalue weighted by Crippen LogP contribution is -2.35. The summed E-state index contributed by atoms with van der Waals surface area (Å²) in [6.07, 6.45) is 7.94. The van der Waals surface area contributed by atoms with Crippen LogP contribution in [0.5, 0.6) is 0 Å². The van der Waals surface area contributed by atoms with Crippen molar-refractivity contribution < 1.29 is 9.53 Å². The summed E-state index contributed by atoms with van der Waals surface area (Å²) in [6.45, 7) is 2.97. The van der Waals surface area contributed by atoms with Gasteiger partial charge in [-0.25, -0.2) is 9.89 Å². The van der Waals surface area contributed by atoms with Crippen molar-refractivity contribution >= 4 is 17.7 Å². The Balaban J connectivity index is 1.55. The van der Waals surface area contributed by atoms with Gasteiger partial charge >= 0.3 is 5.69 Å². The molecule has 2 aliphatic rings. The fourth-order valence-electron chi connectivity index (χ4n) is 3.28. The van der Waals surface area contributed by atoms with Crippen LogP contribution in [0.3, 0.4) is 0 Å². The maximum Gasteiger partial charge on any atom is 0.344 e. The molecule has 1 aromatic heterocycles. The zero-order valence-electron chi connectivity index (χ0n) is 14.0. The minimum atomic E-state index is -0.230. The molecule has 1 aromatic rings. The Hall–Kier alpha value is -1.28. The van der Waals surface area contributed by atoms with Gasteiger partial charge in [0.2, 0.25) is 5.91 Å². The predicted octanol–water partition coefficient (Wildman–Crippen LogP) is 1.64. The third-order valence-corrected chi connectivity index (χ3v) is 5.63. The maximum atomic E-state index is 12.5. The lowest BCUT2D eigenvalue weighted by molar-refractivity contribution is -0.128. The largest absolute Gasteiger partial charge is 0.376 e. The molecule has 3 heterocycles. The van der Waals surface area contributed by atoms with Gasteiger partial charge in [-0.1, -0.05) is 31.0 Å². The van der Waals surface area contributed by atoms with Crippen LogP contribution in [-0.2, 0) is 16.1 Å². The molecule has 134 valence electrons. The first kappa shape index (κ1) is 17.5. The number of aromatic nitrogens is 3. The quantitative estimate of drug-likeness (QED) is 0.813. The fraction of sp³-hybridized carbons (Fsp3) is 0.812. The summed E-state index contributed by atoms with van der Waals surface area (Å²) < 4.78 is 7.20. The average Bonchev–Trinajstić information content (AvgIpc) is 3.17. The number of nitrogens with zero attached hydrogens (tertiary/aromatic N) is 3. The second-order valence-electron chi connectivity index (χ2n) is 6.49. The number of H-pyrrole nitrogens is 1. The van der Waals surface area contributed by atoms with E-state index in [-0.39, 0.29) is 17.7 Å². The molecule has 2 aliphatic heterocycles. The lowest BCUT2D eigenvalue weighted by Gasteiger charge is -2.24. The molecule has 7 nitrogen and oxygen atoms in total. The topological polar surface area (TPSA) is 80.2 Å². The van der Waals surface area contributed by atoms with Gasteiger partial charge in [0.15, 0.2) is 5.16 Å². The SMILES string of the molecule is O=C(CSc1n[nH]c(=O)n1C[C@H]1CCCO1)N1CCCCCCC1. The zero-order valence-corrected chi connectivity index (χ0v) is 14.9. The second-order valence-corrected chi connectivity index (χ2v) is 7.44. The molecule has 3 rings (SSSR count). The summed E-state index contributed by atoms with van der Waals surface area (Å²) in [6, 6.07) is 0. The van der Waals surface area contributed by atoms with Gasteiger partial charge in [-0.2, -0.15) is 0 Å². The number of carbonyl (C=O) groups is 1. The Morgan fingerprint density at radius 3 is 2.67 bits per heavy atom. The third-order valence-electron chi connectivity index (χ3n) is 4.67. The molecule has 0 aromatic carbocycles. The van der Waals surface area contributed by atoms with Crippen molar-refractivity contribution in [2.45, 2.75) is 62.8 Å². The number of aromatic amines is 1. The van der Waals surface area contributed by atoms with Crippen LogP contribution in [-0.4, -0.2) is 57.1 Å². The number of likely N-dealkylation sites (tertiary alicyclic amines) is 1. The van der Waals surface area contributed by atoms with E-state index >= 15 is 0 Å². The van der Waals surface area contributed by atoms with E-state index < -0.39 is 0 Å². The number of ether oxygens (including phenoxy) is 1. The zero-order chi connectivity index (χ0) is 16.8. The van der Waals surface area contributed by atoms with E-state index in [0.29, 0.717) is 17.5 Å². The third kappa shape index (κ3) is 4.63. The van der Waals surface area contributed by atoms with Gasteiger partial charge < -0.3 is 9.64 Å². The monoisotopic (exact) mass is 354 g/mol. The van der Waals surface area contributed by atoms with E-state index in [0.717, 1.165) is 45.4 Å². The average molecular weight is 354 g/mol. The first-order valence-electron chi connectivity index (χ1n) is 8.91. The smallest absolute Gasteiger partial charge is 0.344 e. The van der Waals surface area contributed by atoms with Crippen molar-refractivity contribution in [3.05, 3.63) is 10.5 Å². The standard InChI is InChI=1S/C16H26N4O3S/c21-14(19-8-4-2-1-3-5-9-19)12-24-16-18-17-15(22)20(16)11-13-7-6-10-23-13/h13H,1-12H2,(H,17,22)/t13-/m1/s1. The molecule has 0 saturated carbocycles. The molecular weight excluding hydrogens is 328 g/mol. The number of amides is 1. The van der Waals surface area contributed by atoms with Crippen molar-refractivity contribution in [2.75, 3.05) is 25.4 Å². The predicted molar refractivity (Wildman–Crippen MR) is 92.2 cm³/mol. The van der Waals surface area contributed by atoms with Crippen molar-refractivity contribution in [1.29, 1.82) is 0 Å². The minimum absolute atomic E-state index is 0.0738. The Morgan fingerprint density at radius 2 is 1.96 bits per heavy atom. The molecule has 0 radical (unpaired) electrons. The van der Waals surface area contributed by atoms with E-state index in [1.165, 1.54) is 31.0 Å². The molecule has 24 heavy (non-hydrogen) atoms. The Bertz CT molecular complexity index is 586. The summed E-state index contributed by atoms with van der Waals surface area (Å²) >= 11 is 1.34. The van der Waals surface area contributed by atoms with Crippen LogP contribution < -0.4 is 5.69 Å². The first-order chi connectivity index (χ1) is 11.7. The van der Waals surface area contributed by atoms with E-state index in [1.54, 1.807) is 4.57 Å². The van der Waals surface area contributed by atoms with Gasteiger partial charge in [0, 0.05) is 19.7 Å². The number of rotatable bonds is 5. The van der Waals surface area contributed by atoms with Gasteiger partial charge in [0.05, 0.1) is 18.4 Å². The highest BCUT2D eigenvalue weighted by atomic mass is 32.2. The fourth-order valence-corrected chi connectivity index (χ4v) is 4.14. The number of thioether (sulfide) groups is 1. The summed E-state index contributed by atoms with van der Waals surface area (Å²) in [5.41, 5.74) is -0.230. The molecule has 2 saturated heterocycles. The molecule has 2 fully saturated rings. The van der Waals surface area contributed by atoms with Crippen LogP contribution in [0.25, 0.3) is 0 Å². The summed E-state index contributed by atoms with van der Waals surface area (Å²) in [7, 11) is 0. The van der Waals surface area contributed by atoms with Crippen LogP contribution in [0.1, 0.15) is 44.9 Å². The number of carbonyl (C=O) groups excluding carboxylic acids is 1. The molecule has 0 bridgehead atoms. The molecule has 0 aliphatic carbocycles. The van der Waals surface area contributed by atoms with Gasteiger partial charge in [-0.05, 0) is 25.7 Å². The van der Waals surface area contributed by atoms with Gasteiger partial charge in [-0.3, -0.25) is 9.36 Å². The van der Waals surface area contributed by atoms with Crippen molar-refractivity contribution in [3.8, 4) is 0 Å². The van der Waals surface area contributed by atoms with Crippen molar-refractivity contribution in [1.82, 2.24) is 19.7 Å². The van der Waals surface area contributed by atoms with Crippen LogP contribution >= 0.6 is 11.8 Å². The van der Waals surface area contributed by atoms with E-state index in [4.69, 9.17) is 4.74 Å². The maximum absolute atomic E-state index is 12.5. The van der Waals surface area contributed by atoms with Gasteiger partial charge in [-0.15, -0.1) is 5.10 Å². The van der Waals surface area contributed by atoms with Gasteiger partial charge in [0.25, 0.3) is 0 Å². The lowest BCUT2D eigenvalue weighted by atomic mass is 10.1. The molecule has 8 heteroatoms.